The average Bonchev–Trinajstić information content (AvgIpc) is 2.21. The van der Waals surface area contributed by atoms with Gasteiger partial charge in [-0.1, -0.05) is 5.59 Å². The van der Waals surface area contributed by atoms with Crippen molar-refractivity contribution in [3.05, 3.63) is 0 Å². The first-order valence-corrected chi connectivity index (χ1v) is 5.17. The molecule has 4 N–H and O–H groups in total. The molecule has 0 aliphatic carbocycles. The molecule has 0 aromatic rings. The maximum absolute atomic E-state index is 11.6. The standard InChI is InChI=1S/C9H18N4O3/c1-9(2)8(15)11-4-6-13(9)5-3-7(14)16-12-10/h12H,3-6,10H2,1-2H3,(H,11,15). The van der Waals surface area contributed by atoms with E-state index in [0.29, 0.717) is 13.1 Å². The van der Waals surface area contributed by atoms with Crippen LogP contribution >= 0.6 is 0 Å². The van der Waals surface area contributed by atoms with Gasteiger partial charge in [-0.05, 0) is 13.8 Å². The first-order valence-electron chi connectivity index (χ1n) is 5.17. The number of amides is 1. The molecule has 1 fully saturated rings. The van der Waals surface area contributed by atoms with Crippen LogP contribution in [0.4, 0.5) is 0 Å². The number of carbonyl (C=O) groups is 2. The van der Waals surface area contributed by atoms with Crippen LogP contribution in [0.5, 0.6) is 0 Å². The summed E-state index contributed by atoms with van der Waals surface area (Å²) in [4.78, 5) is 29.0. The lowest BCUT2D eigenvalue weighted by atomic mass is 9.99. The van der Waals surface area contributed by atoms with Crippen molar-refractivity contribution in [2.24, 2.45) is 5.84 Å². The maximum Gasteiger partial charge on any atom is 0.327 e. The topological polar surface area (TPSA) is 96.7 Å². The molecule has 0 atom stereocenters. The lowest BCUT2D eigenvalue weighted by molar-refractivity contribution is -0.153. The van der Waals surface area contributed by atoms with Gasteiger partial charge in [-0.15, -0.1) is 0 Å². The van der Waals surface area contributed by atoms with Gasteiger partial charge in [-0.2, -0.15) is 0 Å². The van der Waals surface area contributed by atoms with Crippen molar-refractivity contribution in [3.63, 3.8) is 0 Å². The van der Waals surface area contributed by atoms with E-state index in [2.05, 4.69) is 10.2 Å². The molecular weight excluding hydrogens is 212 g/mol. The highest BCUT2D eigenvalue weighted by molar-refractivity contribution is 5.86. The second-order valence-electron chi connectivity index (χ2n) is 4.14. The van der Waals surface area contributed by atoms with Gasteiger partial charge in [0.1, 0.15) is 0 Å². The number of carbonyl (C=O) groups excluding carboxylic acids is 2. The Morgan fingerprint density at radius 2 is 2.38 bits per heavy atom. The van der Waals surface area contributed by atoms with Crippen LogP contribution in [0.15, 0.2) is 0 Å². The minimum absolute atomic E-state index is 0.0240. The normalized spacial score (nSPS) is 20.3. The van der Waals surface area contributed by atoms with Crippen molar-refractivity contribution >= 4 is 11.9 Å². The van der Waals surface area contributed by atoms with Gasteiger partial charge in [0.15, 0.2) is 0 Å². The zero-order valence-corrected chi connectivity index (χ0v) is 9.58. The van der Waals surface area contributed by atoms with Gasteiger partial charge in [0, 0.05) is 19.6 Å². The van der Waals surface area contributed by atoms with Crippen LogP contribution in [0.1, 0.15) is 20.3 Å². The third-order valence-electron chi connectivity index (χ3n) is 2.77. The molecular formula is C9H18N4O3. The zero-order chi connectivity index (χ0) is 12.2. The summed E-state index contributed by atoms with van der Waals surface area (Å²) in [5.41, 5.74) is 1.25. The quantitative estimate of drug-likeness (QED) is 0.402. The Hall–Kier alpha value is -1.18. The number of piperazine rings is 1. The molecule has 1 saturated heterocycles. The molecule has 1 amide bonds. The molecule has 1 aliphatic heterocycles. The molecule has 1 rings (SSSR count). The molecule has 0 spiro atoms. The van der Waals surface area contributed by atoms with E-state index in [4.69, 9.17) is 5.84 Å². The fourth-order valence-corrected chi connectivity index (χ4v) is 1.68. The monoisotopic (exact) mass is 230 g/mol. The summed E-state index contributed by atoms with van der Waals surface area (Å²) < 4.78 is 0. The van der Waals surface area contributed by atoms with E-state index in [1.807, 2.05) is 24.3 Å². The van der Waals surface area contributed by atoms with Crippen molar-refractivity contribution < 1.29 is 14.4 Å². The van der Waals surface area contributed by atoms with Gasteiger partial charge in [0.2, 0.25) is 5.91 Å². The third-order valence-corrected chi connectivity index (χ3v) is 2.77. The van der Waals surface area contributed by atoms with Crippen LogP contribution in [-0.4, -0.2) is 41.9 Å². The summed E-state index contributed by atoms with van der Waals surface area (Å²) >= 11 is 0. The number of hydrogen-bond acceptors (Lipinski definition) is 6. The smallest absolute Gasteiger partial charge is 0.327 e. The Balaban J connectivity index is 2.46. The van der Waals surface area contributed by atoms with E-state index >= 15 is 0 Å². The Morgan fingerprint density at radius 1 is 1.69 bits per heavy atom. The van der Waals surface area contributed by atoms with Crippen LogP contribution in [0.2, 0.25) is 0 Å². The van der Waals surface area contributed by atoms with E-state index in [9.17, 15) is 9.59 Å². The molecule has 7 heteroatoms. The van der Waals surface area contributed by atoms with E-state index in [1.54, 1.807) is 0 Å². The van der Waals surface area contributed by atoms with Gasteiger partial charge in [0.25, 0.3) is 0 Å². The summed E-state index contributed by atoms with van der Waals surface area (Å²) in [6.07, 6.45) is 0.195. The number of hydrogen-bond donors (Lipinski definition) is 3. The summed E-state index contributed by atoms with van der Waals surface area (Å²) in [5, 5.41) is 2.79. The zero-order valence-electron chi connectivity index (χ0n) is 9.58. The molecule has 0 saturated carbocycles. The van der Waals surface area contributed by atoms with Crippen LogP contribution in [0.3, 0.4) is 0 Å². The Labute approximate surface area is 94.2 Å². The number of nitrogens with two attached hydrogens (primary N) is 1. The van der Waals surface area contributed by atoms with Crippen molar-refractivity contribution in [1.29, 1.82) is 0 Å². The fourth-order valence-electron chi connectivity index (χ4n) is 1.68. The van der Waals surface area contributed by atoms with Gasteiger partial charge in [-0.3, -0.25) is 14.5 Å². The predicted octanol–water partition coefficient (Wildman–Crippen LogP) is -1.49. The van der Waals surface area contributed by atoms with Gasteiger partial charge in [0.05, 0.1) is 12.0 Å². The molecule has 0 bridgehead atoms. The molecule has 1 heterocycles. The van der Waals surface area contributed by atoms with Crippen molar-refractivity contribution in [3.8, 4) is 0 Å². The number of rotatable bonds is 4. The fraction of sp³-hybridized carbons (Fsp3) is 0.778. The average molecular weight is 230 g/mol. The summed E-state index contributed by atoms with van der Waals surface area (Å²) in [7, 11) is 0. The SMILES string of the molecule is CC1(C)C(=O)NCCN1CCC(=O)ONN. The van der Waals surface area contributed by atoms with E-state index in [1.165, 1.54) is 0 Å². The van der Waals surface area contributed by atoms with E-state index in [-0.39, 0.29) is 12.3 Å². The minimum atomic E-state index is -0.589. The van der Waals surface area contributed by atoms with Crippen molar-refractivity contribution in [2.45, 2.75) is 25.8 Å². The second-order valence-corrected chi connectivity index (χ2v) is 4.14. The summed E-state index contributed by atoms with van der Waals surface area (Å²) in [6, 6.07) is 0. The molecule has 1 aliphatic rings. The lowest BCUT2D eigenvalue weighted by Crippen LogP contribution is -2.62. The Bertz CT molecular complexity index is 280. The van der Waals surface area contributed by atoms with Crippen LogP contribution in [0, 0.1) is 0 Å². The molecule has 92 valence electrons. The number of nitrogens with zero attached hydrogens (tertiary/aromatic N) is 1. The Kier molecular flexibility index (Phi) is 4.22. The first kappa shape index (κ1) is 12.9. The van der Waals surface area contributed by atoms with Gasteiger partial charge < -0.3 is 10.2 Å². The lowest BCUT2D eigenvalue weighted by Gasteiger charge is -2.40. The predicted molar refractivity (Wildman–Crippen MR) is 56.7 cm³/mol. The minimum Gasteiger partial charge on any atom is -0.356 e. The van der Waals surface area contributed by atoms with Gasteiger partial charge in [-0.25, -0.2) is 5.84 Å². The molecule has 7 nitrogen and oxygen atoms in total. The van der Waals surface area contributed by atoms with Crippen LogP contribution < -0.4 is 16.7 Å². The van der Waals surface area contributed by atoms with Crippen molar-refractivity contribution in [1.82, 2.24) is 15.8 Å². The number of nitrogens with one attached hydrogen (secondary N) is 2. The molecule has 0 aromatic heterocycles. The van der Waals surface area contributed by atoms with E-state index < -0.39 is 11.5 Å². The Morgan fingerprint density at radius 3 is 3.00 bits per heavy atom. The van der Waals surface area contributed by atoms with Crippen LogP contribution in [-0.2, 0) is 14.4 Å². The second kappa shape index (κ2) is 5.24. The molecule has 0 unspecified atom stereocenters. The highest BCUT2D eigenvalue weighted by Crippen LogP contribution is 2.17. The number of hydrazine groups is 1. The van der Waals surface area contributed by atoms with E-state index in [0.717, 1.165) is 6.54 Å². The van der Waals surface area contributed by atoms with Crippen LogP contribution in [0.25, 0.3) is 0 Å². The molecule has 16 heavy (non-hydrogen) atoms. The first-order chi connectivity index (χ1) is 7.48. The largest absolute Gasteiger partial charge is 0.356 e. The highest BCUT2D eigenvalue weighted by atomic mass is 16.7. The summed E-state index contributed by atoms with van der Waals surface area (Å²) in [5.74, 6) is 4.38. The maximum atomic E-state index is 11.6. The highest BCUT2D eigenvalue weighted by Gasteiger charge is 2.37. The third kappa shape index (κ3) is 2.91. The van der Waals surface area contributed by atoms with Crippen molar-refractivity contribution in [2.75, 3.05) is 19.6 Å². The molecule has 0 aromatic carbocycles. The summed E-state index contributed by atoms with van der Waals surface area (Å²) in [6.45, 7) is 5.46. The molecule has 0 radical (unpaired) electrons. The van der Waals surface area contributed by atoms with Gasteiger partial charge >= 0.3 is 5.97 Å².